The van der Waals surface area contributed by atoms with Gasteiger partial charge in [0.2, 0.25) is 0 Å². The van der Waals surface area contributed by atoms with Gasteiger partial charge in [0.05, 0.1) is 0 Å². The van der Waals surface area contributed by atoms with Gasteiger partial charge in [-0.15, -0.1) is 9.35 Å². The van der Waals surface area contributed by atoms with Crippen LogP contribution in [0, 0.1) is 5.41 Å². The fraction of sp³-hybridized carbons (Fsp3) is 0.714. The van der Waals surface area contributed by atoms with Crippen LogP contribution in [0.1, 0.15) is 26.7 Å². The lowest BCUT2D eigenvalue weighted by Gasteiger charge is -2.32. The van der Waals surface area contributed by atoms with Crippen molar-refractivity contribution < 1.29 is 26.8 Å². The highest BCUT2D eigenvalue weighted by atomic mass is 32.3. The highest BCUT2D eigenvalue weighted by Gasteiger charge is 2.40. The van der Waals surface area contributed by atoms with E-state index in [9.17, 15) is 18.0 Å². The quantitative estimate of drug-likeness (QED) is 0.531. The van der Waals surface area contributed by atoms with E-state index in [1.807, 2.05) is 0 Å². The van der Waals surface area contributed by atoms with Crippen LogP contribution in [0.4, 0.5) is 0 Å². The van der Waals surface area contributed by atoms with Crippen LogP contribution in [0.2, 0.25) is 0 Å². The molecular formula is C7H11NO6S. The first kappa shape index (κ1) is 12.1. The van der Waals surface area contributed by atoms with Gasteiger partial charge in [-0.3, -0.25) is 14.1 Å². The van der Waals surface area contributed by atoms with E-state index in [0.29, 0.717) is 0 Å². The van der Waals surface area contributed by atoms with Crippen molar-refractivity contribution in [3.63, 3.8) is 0 Å². The molecule has 1 saturated heterocycles. The van der Waals surface area contributed by atoms with E-state index in [-0.39, 0.29) is 17.9 Å². The average Bonchev–Trinajstić information content (AvgIpc) is 1.93. The van der Waals surface area contributed by atoms with E-state index in [2.05, 4.69) is 4.28 Å². The lowest BCUT2D eigenvalue weighted by atomic mass is 9.82. The van der Waals surface area contributed by atoms with Gasteiger partial charge in [-0.05, 0) is 5.41 Å². The van der Waals surface area contributed by atoms with E-state index in [0.717, 1.165) is 0 Å². The molecule has 86 valence electrons. The third-order valence-corrected chi connectivity index (χ3v) is 2.22. The maximum absolute atomic E-state index is 11.3. The number of carbonyl (C=O) groups is 2. The number of carbonyl (C=O) groups excluding carboxylic acids is 2. The van der Waals surface area contributed by atoms with Crippen molar-refractivity contribution in [2.45, 2.75) is 26.7 Å². The van der Waals surface area contributed by atoms with Crippen LogP contribution in [0.15, 0.2) is 0 Å². The Balaban J connectivity index is 2.85. The van der Waals surface area contributed by atoms with Gasteiger partial charge >= 0.3 is 10.4 Å². The minimum absolute atomic E-state index is 0.0196. The summed E-state index contributed by atoms with van der Waals surface area (Å²) in [5.74, 6) is -1.57. The molecule has 1 heterocycles. The minimum Gasteiger partial charge on any atom is -0.272 e. The smallest absolute Gasteiger partial charge is 0.272 e. The number of amides is 2. The third kappa shape index (κ3) is 3.26. The molecule has 8 heteroatoms. The molecule has 0 saturated carbocycles. The zero-order valence-corrected chi connectivity index (χ0v) is 9.07. The molecule has 15 heavy (non-hydrogen) atoms. The van der Waals surface area contributed by atoms with E-state index in [1.54, 1.807) is 13.8 Å². The molecule has 0 aromatic heterocycles. The van der Waals surface area contributed by atoms with Crippen molar-refractivity contribution in [1.29, 1.82) is 0 Å². The first-order valence-electron chi connectivity index (χ1n) is 4.13. The van der Waals surface area contributed by atoms with E-state index >= 15 is 0 Å². The second-order valence-electron chi connectivity index (χ2n) is 4.10. The summed E-state index contributed by atoms with van der Waals surface area (Å²) in [5, 5.41) is 0.0839. The summed E-state index contributed by atoms with van der Waals surface area (Å²) in [6, 6.07) is 0. The van der Waals surface area contributed by atoms with Crippen molar-refractivity contribution in [1.82, 2.24) is 5.06 Å². The van der Waals surface area contributed by atoms with Gasteiger partial charge in [0, 0.05) is 12.8 Å². The normalized spacial score (nSPS) is 21.9. The van der Waals surface area contributed by atoms with Crippen molar-refractivity contribution in [3.8, 4) is 0 Å². The standard InChI is InChI=1S/C7H11NO6S/c1-7(2)3-5(9)8(6(10)4-7)14-15(11,12)13/h3-4H2,1-2H3,(H,11,12,13). The SMILES string of the molecule is CC1(C)CC(=O)N(OS(=O)(=O)O)C(=O)C1. The minimum atomic E-state index is -4.84. The summed E-state index contributed by atoms with van der Waals surface area (Å²) in [6.07, 6.45) is -0.0392. The van der Waals surface area contributed by atoms with Gasteiger partial charge < -0.3 is 0 Å². The van der Waals surface area contributed by atoms with Crippen LogP contribution in [0.25, 0.3) is 0 Å². The van der Waals surface area contributed by atoms with Crippen LogP contribution in [0.3, 0.4) is 0 Å². The highest BCUT2D eigenvalue weighted by Crippen LogP contribution is 2.31. The number of hydroxylamine groups is 2. The maximum atomic E-state index is 11.3. The Morgan fingerprint density at radius 1 is 1.27 bits per heavy atom. The fourth-order valence-corrected chi connectivity index (χ4v) is 1.70. The number of nitrogens with zero attached hydrogens (tertiary/aromatic N) is 1. The summed E-state index contributed by atoms with van der Waals surface area (Å²) in [6.45, 7) is 3.40. The fourth-order valence-electron chi connectivity index (χ4n) is 1.34. The molecule has 0 bridgehead atoms. The Morgan fingerprint density at radius 2 is 1.67 bits per heavy atom. The van der Waals surface area contributed by atoms with Crippen LogP contribution in [0.5, 0.6) is 0 Å². The monoisotopic (exact) mass is 237 g/mol. The molecule has 1 N–H and O–H groups in total. The van der Waals surface area contributed by atoms with Crippen molar-refractivity contribution in [3.05, 3.63) is 0 Å². The molecule has 0 atom stereocenters. The molecule has 1 rings (SSSR count). The van der Waals surface area contributed by atoms with Gasteiger partial charge in [0.25, 0.3) is 11.8 Å². The molecule has 0 aromatic carbocycles. The molecule has 0 radical (unpaired) electrons. The average molecular weight is 237 g/mol. The first-order valence-corrected chi connectivity index (χ1v) is 5.50. The summed E-state index contributed by atoms with van der Waals surface area (Å²) in [4.78, 5) is 22.6. The van der Waals surface area contributed by atoms with Crippen LogP contribution in [-0.4, -0.2) is 29.8 Å². The lowest BCUT2D eigenvalue weighted by Crippen LogP contribution is -2.46. The lowest BCUT2D eigenvalue weighted by molar-refractivity contribution is -0.181. The number of piperidine rings is 1. The second kappa shape index (κ2) is 3.54. The van der Waals surface area contributed by atoms with Crippen molar-refractivity contribution in [2.75, 3.05) is 0 Å². The highest BCUT2D eigenvalue weighted by molar-refractivity contribution is 7.80. The van der Waals surface area contributed by atoms with Crippen LogP contribution >= 0.6 is 0 Å². The van der Waals surface area contributed by atoms with Crippen LogP contribution < -0.4 is 0 Å². The summed E-state index contributed by atoms with van der Waals surface area (Å²) < 4.78 is 32.9. The van der Waals surface area contributed by atoms with Crippen molar-refractivity contribution in [2.24, 2.45) is 5.41 Å². The maximum Gasteiger partial charge on any atom is 0.419 e. The van der Waals surface area contributed by atoms with Crippen molar-refractivity contribution >= 4 is 22.2 Å². The molecule has 0 aromatic rings. The number of hydrogen-bond donors (Lipinski definition) is 1. The topological polar surface area (TPSA) is 101 Å². The van der Waals surface area contributed by atoms with Gasteiger partial charge in [-0.25, -0.2) is 0 Å². The Labute approximate surface area is 86.9 Å². The van der Waals surface area contributed by atoms with Gasteiger partial charge in [-0.1, -0.05) is 13.8 Å². The molecule has 1 fully saturated rings. The molecule has 1 aliphatic rings. The van der Waals surface area contributed by atoms with E-state index in [4.69, 9.17) is 4.55 Å². The van der Waals surface area contributed by atoms with Gasteiger partial charge in [0.15, 0.2) is 0 Å². The number of rotatable bonds is 2. The molecular weight excluding hydrogens is 226 g/mol. The summed E-state index contributed by atoms with van der Waals surface area (Å²) >= 11 is 0. The number of hydrogen-bond acceptors (Lipinski definition) is 5. The van der Waals surface area contributed by atoms with E-state index < -0.39 is 27.6 Å². The predicted molar refractivity (Wildman–Crippen MR) is 47.5 cm³/mol. The molecule has 0 aliphatic carbocycles. The Morgan fingerprint density at radius 3 is 2.00 bits per heavy atom. The molecule has 1 aliphatic heterocycles. The molecule has 7 nitrogen and oxygen atoms in total. The molecule has 2 amide bonds. The van der Waals surface area contributed by atoms with Crippen LogP contribution in [-0.2, 0) is 24.3 Å². The summed E-state index contributed by atoms with van der Waals surface area (Å²) in [7, 11) is -4.84. The van der Waals surface area contributed by atoms with Gasteiger partial charge in [-0.2, -0.15) is 8.42 Å². The molecule has 0 spiro atoms. The Hall–Kier alpha value is -0.990. The summed E-state index contributed by atoms with van der Waals surface area (Å²) in [5.41, 5.74) is -0.521. The largest absolute Gasteiger partial charge is 0.419 e. The number of imide groups is 1. The third-order valence-electron chi connectivity index (χ3n) is 1.88. The second-order valence-corrected chi connectivity index (χ2v) is 5.11. The Kier molecular flexibility index (Phi) is 2.85. The molecule has 0 unspecified atom stereocenters. The predicted octanol–water partition coefficient (Wildman–Crippen LogP) is -0.104. The zero-order chi connectivity index (χ0) is 11.9. The zero-order valence-electron chi connectivity index (χ0n) is 8.26. The van der Waals surface area contributed by atoms with E-state index in [1.165, 1.54) is 0 Å². The Bertz CT molecular complexity index is 378. The van der Waals surface area contributed by atoms with Gasteiger partial charge in [0.1, 0.15) is 0 Å². The first-order chi connectivity index (χ1) is 6.61.